The molecule has 2 aromatic carbocycles. The van der Waals surface area contributed by atoms with Crippen LogP contribution < -0.4 is 15.5 Å². The van der Waals surface area contributed by atoms with E-state index in [2.05, 4.69) is 15.8 Å². The molecule has 2 rings (SSSR count). The van der Waals surface area contributed by atoms with Crippen molar-refractivity contribution in [3.05, 3.63) is 63.6 Å². The van der Waals surface area contributed by atoms with Gasteiger partial charge in [0.1, 0.15) is 11.8 Å². The molecule has 0 radical (unpaired) electrons. The summed E-state index contributed by atoms with van der Waals surface area (Å²) in [4.78, 5) is 37.1. The number of carbonyl (C=O) groups is 3. The normalized spacial score (nSPS) is 12.8. The second-order valence-corrected chi connectivity index (χ2v) is 8.95. The lowest BCUT2D eigenvalue weighted by Gasteiger charge is -2.22. The summed E-state index contributed by atoms with van der Waals surface area (Å²) < 4.78 is 10.6. The molecule has 0 aliphatic carbocycles. The van der Waals surface area contributed by atoms with Crippen LogP contribution in [0.25, 0.3) is 0 Å². The molecule has 0 aliphatic heterocycles. The van der Waals surface area contributed by atoms with Gasteiger partial charge < -0.3 is 14.8 Å². The van der Waals surface area contributed by atoms with Crippen LogP contribution in [0.15, 0.2) is 47.6 Å². The molecule has 0 aliphatic rings. The molecule has 0 spiro atoms. The van der Waals surface area contributed by atoms with Gasteiger partial charge in [0, 0.05) is 5.02 Å². The third-order valence-electron chi connectivity index (χ3n) is 4.72. The summed E-state index contributed by atoms with van der Waals surface area (Å²) in [6.45, 7) is 7.46. The van der Waals surface area contributed by atoms with Gasteiger partial charge in [-0.1, -0.05) is 49.2 Å². The Balaban J connectivity index is 1.98. The van der Waals surface area contributed by atoms with Crippen molar-refractivity contribution >= 4 is 47.2 Å². The molecule has 188 valence electrons. The molecule has 0 unspecified atom stereocenters. The van der Waals surface area contributed by atoms with Crippen molar-refractivity contribution in [1.29, 1.82) is 0 Å². The molecule has 2 aromatic rings. The summed E-state index contributed by atoms with van der Waals surface area (Å²) >= 11 is 12.0. The molecule has 0 saturated carbocycles. The predicted molar refractivity (Wildman–Crippen MR) is 136 cm³/mol. The van der Waals surface area contributed by atoms with E-state index in [0.29, 0.717) is 34.9 Å². The third-order valence-corrected chi connectivity index (χ3v) is 5.25. The monoisotopic (exact) mass is 521 g/mol. The van der Waals surface area contributed by atoms with E-state index in [9.17, 15) is 14.4 Å². The van der Waals surface area contributed by atoms with Gasteiger partial charge in [-0.15, -0.1) is 0 Å². The predicted octanol–water partition coefficient (Wildman–Crippen LogP) is 4.62. The van der Waals surface area contributed by atoms with E-state index < -0.39 is 29.9 Å². The van der Waals surface area contributed by atoms with E-state index in [1.165, 1.54) is 12.3 Å². The Morgan fingerprint density at radius 3 is 2.31 bits per heavy atom. The summed E-state index contributed by atoms with van der Waals surface area (Å²) in [6, 6.07) is 10.4. The highest BCUT2D eigenvalue weighted by molar-refractivity contribution is 6.35. The number of ether oxygens (including phenoxy) is 2. The molecule has 35 heavy (non-hydrogen) atoms. The number of hydrazone groups is 1. The van der Waals surface area contributed by atoms with Crippen molar-refractivity contribution in [1.82, 2.24) is 10.7 Å². The highest BCUT2D eigenvalue weighted by Crippen LogP contribution is 2.28. The zero-order valence-electron chi connectivity index (χ0n) is 20.0. The molecule has 8 nitrogen and oxygen atoms in total. The summed E-state index contributed by atoms with van der Waals surface area (Å²) in [5.41, 5.74) is 3.54. The van der Waals surface area contributed by atoms with Gasteiger partial charge in [0.25, 0.3) is 11.8 Å². The number of hydrogen-bond acceptors (Lipinski definition) is 6. The molecule has 0 fully saturated rings. The maximum Gasteiger partial charge on any atom is 0.338 e. The first-order valence-electron chi connectivity index (χ1n) is 11.1. The van der Waals surface area contributed by atoms with Crippen LogP contribution in [0.1, 0.15) is 50.0 Å². The van der Waals surface area contributed by atoms with Crippen LogP contribution >= 0.6 is 23.2 Å². The Bertz CT molecular complexity index is 1060. The summed E-state index contributed by atoms with van der Waals surface area (Å²) in [6.07, 6.45) is 0.933. The van der Waals surface area contributed by atoms with Gasteiger partial charge in [-0.05, 0) is 62.1 Å². The number of nitrogens with zero attached hydrogens (tertiary/aromatic N) is 1. The van der Waals surface area contributed by atoms with Crippen molar-refractivity contribution in [2.24, 2.45) is 11.0 Å². The lowest BCUT2D eigenvalue weighted by molar-refractivity contribution is -0.132. The van der Waals surface area contributed by atoms with Crippen LogP contribution in [-0.4, -0.2) is 42.8 Å². The number of carbonyl (C=O) groups excluding carboxylic acids is 3. The standard InChI is InChI=1S/C25H29Cl2N3O5/c1-5-34-25(33)18-8-6-17(7-9-18)14-28-30-24(32)21(12-15(2)3)29-23(31)16(4)35-22-11-10-19(26)13-20(22)27/h6-11,13-16,21H,5,12H2,1-4H3,(H,29,31)(H,30,32)/b28-14-/t16-,21-/m0/s1. The first-order chi connectivity index (χ1) is 16.6. The third kappa shape index (κ3) is 9.22. The van der Waals surface area contributed by atoms with Crippen molar-refractivity contribution in [3.63, 3.8) is 0 Å². The van der Waals surface area contributed by atoms with Crippen molar-refractivity contribution in [3.8, 4) is 5.75 Å². The second kappa shape index (κ2) is 13.7. The summed E-state index contributed by atoms with van der Waals surface area (Å²) in [5, 5.41) is 7.40. The number of hydrogen-bond donors (Lipinski definition) is 2. The minimum atomic E-state index is -0.905. The fourth-order valence-electron chi connectivity index (χ4n) is 2.97. The maximum atomic E-state index is 12.7. The SMILES string of the molecule is CCOC(=O)c1ccc(/C=N\NC(=O)[C@H](CC(C)C)NC(=O)[C@H](C)Oc2ccc(Cl)cc2Cl)cc1. The van der Waals surface area contributed by atoms with Gasteiger partial charge in [-0.2, -0.15) is 5.10 Å². The number of halogens is 2. The first kappa shape index (κ1) is 28.1. The minimum Gasteiger partial charge on any atom is -0.479 e. The molecule has 0 saturated heterocycles. The Morgan fingerprint density at radius 1 is 1.03 bits per heavy atom. The van der Waals surface area contributed by atoms with Crippen LogP contribution in [0.3, 0.4) is 0 Å². The van der Waals surface area contributed by atoms with E-state index in [0.717, 1.165) is 0 Å². The lowest BCUT2D eigenvalue weighted by atomic mass is 10.0. The number of nitrogens with one attached hydrogen (secondary N) is 2. The zero-order valence-corrected chi connectivity index (χ0v) is 21.5. The van der Waals surface area contributed by atoms with Crippen LogP contribution in [0.5, 0.6) is 5.75 Å². The highest BCUT2D eigenvalue weighted by Gasteiger charge is 2.25. The van der Waals surface area contributed by atoms with E-state index in [-0.39, 0.29) is 10.9 Å². The average molecular weight is 522 g/mol. The van der Waals surface area contributed by atoms with E-state index in [4.69, 9.17) is 32.7 Å². The Kier molecular flexibility index (Phi) is 11.0. The molecule has 0 bridgehead atoms. The molecular formula is C25H29Cl2N3O5. The van der Waals surface area contributed by atoms with E-state index in [1.54, 1.807) is 50.2 Å². The Labute approximate surface area is 215 Å². The lowest BCUT2D eigenvalue weighted by Crippen LogP contribution is -2.49. The molecular weight excluding hydrogens is 493 g/mol. The smallest absolute Gasteiger partial charge is 0.338 e. The summed E-state index contributed by atoms with van der Waals surface area (Å²) in [7, 11) is 0. The van der Waals surface area contributed by atoms with Gasteiger partial charge in [-0.25, -0.2) is 10.2 Å². The highest BCUT2D eigenvalue weighted by atomic mass is 35.5. The van der Waals surface area contributed by atoms with Crippen LogP contribution in [-0.2, 0) is 14.3 Å². The minimum absolute atomic E-state index is 0.132. The molecule has 2 atom stereocenters. The molecule has 2 amide bonds. The van der Waals surface area contributed by atoms with E-state index >= 15 is 0 Å². The Morgan fingerprint density at radius 2 is 1.71 bits per heavy atom. The number of amides is 2. The van der Waals surface area contributed by atoms with Crippen molar-refractivity contribution in [2.45, 2.75) is 46.3 Å². The number of rotatable bonds is 11. The largest absolute Gasteiger partial charge is 0.479 e. The van der Waals surface area contributed by atoms with Gasteiger partial charge in [-0.3, -0.25) is 9.59 Å². The fraction of sp³-hybridized carbons (Fsp3) is 0.360. The topological polar surface area (TPSA) is 106 Å². The van der Waals surface area contributed by atoms with Crippen molar-refractivity contribution < 1.29 is 23.9 Å². The number of esters is 1. The first-order valence-corrected chi connectivity index (χ1v) is 11.9. The maximum absolute atomic E-state index is 12.7. The molecule has 10 heteroatoms. The van der Waals surface area contributed by atoms with Crippen LogP contribution in [0.4, 0.5) is 0 Å². The average Bonchev–Trinajstić information content (AvgIpc) is 2.80. The van der Waals surface area contributed by atoms with Gasteiger partial charge >= 0.3 is 5.97 Å². The fourth-order valence-corrected chi connectivity index (χ4v) is 3.43. The number of benzene rings is 2. The Hall–Kier alpha value is -3.10. The molecule has 2 N–H and O–H groups in total. The van der Waals surface area contributed by atoms with Crippen molar-refractivity contribution in [2.75, 3.05) is 6.61 Å². The van der Waals surface area contributed by atoms with Gasteiger partial charge in [0.15, 0.2) is 6.10 Å². The quantitative estimate of drug-likeness (QED) is 0.255. The van der Waals surface area contributed by atoms with Gasteiger partial charge in [0.05, 0.1) is 23.4 Å². The van der Waals surface area contributed by atoms with Crippen LogP contribution in [0.2, 0.25) is 10.0 Å². The second-order valence-electron chi connectivity index (χ2n) is 8.10. The van der Waals surface area contributed by atoms with Crippen LogP contribution in [0, 0.1) is 5.92 Å². The van der Waals surface area contributed by atoms with Gasteiger partial charge in [0.2, 0.25) is 0 Å². The molecule has 0 aromatic heterocycles. The molecule has 0 heterocycles. The van der Waals surface area contributed by atoms with E-state index in [1.807, 2.05) is 13.8 Å². The summed E-state index contributed by atoms with van der Waals surface area (Å²) in [5.74, 6) is -0.916. The zero-order chi connectivity index (χ0) is 26.0.